The largest absolute Gasteiger partial charge is 0.495 e. The lowest BCUT2D eigenvalue weighted by Gasteiger charge is -2.41. The minimum atomic E-state index is -4.61. The number of sulfonamides is 1. The third kappa shape index (κ3) is 5.64. The molecule has 13 nitrogen and oxygen atoms in total. The summed E-state index contributed by atoms with van der Waals surface area (Å²) in [7, 11) is -3.27. The third-order valence-corrected chi connectivity index (χ3v) is 10.7. The summed E-state index contributed by atoms with van der Waals surface area (Å²) < 4.78 is 40.7. The van der Waals surface area contributed by atoms with Gasteiger partial charge in [-0.2, -0.15) is 9.57 Å². The highest BCUT2D eigenvalue weighted by Gasteiger charge is 2.59. The van der Waals surface area contributed by atoms with E-state index in [4.69, 9.17) is 9.47 Å². The summed E-state index contributed by atoms with van der Waals surface area (Å²) in [6, 6.07) is 15.3. The Labute approximate surface area is 274 Å². The zero-order chi connectivity index (χ0) is 33.2. The Kier molecular flexibility index (Phi) is 9.05. The first-order valence-corrected chi connectivity index (χ1v) is 17.1. The van der Waals surface area contributed by atoms with E-state index in [0.717, 1.165) is 39.0 Å². The maximum Gasteiger partial charge on any atom is 0.318 e. The van der Waals surface area contributed by atoms with Gasteiger partial charge in [-0.25, -0.2) is 18.2 Å². The van der Waals surface area contributed by atoms with Crippen LogP contribution in [0.3, 0.4) is 0 Å². The van der Waals surface area contributed by atoms with Gasteiger partial charge < -0.3 is 25.0 Å². The number of anilines is 1. The number of piperidine rings is 1. The molecule has 6 rings (SSSR count). The number of ether oxygens (including phenoxy) is 2. The number of hydrogen-bond acceptors (Lipinski definition) is 10. The molecule has 2 N–H and O–H groups in total. The molecule has 0 aliphatic carbocycles. The van der Waals surface area contributed by atoms with Crippen LogP contribution >= 0.6 is 0 Å². The van der Waals surface area contributed by atoms with Crippen molar-refractivity contribution < 1.29 is 27.5 Å². The first-order valence-electron chi connectivity index (χ1n) is 15.6. The highest BCUT2D eigenvalue weighted by molar-refractivity contribution is 7.93. The number of nitrogens with one attached hydrogen (secondary N) is 2. The van der Waals surface area contributed by atoms with Crippen LogP contribution in [0.15, 0.2) is 65.7 Å². The summed E-state index contributed by atoms with van der Waals surface area (Å²) in [6.07, 6.45) is 3.00. The van der Waals surface area contributed by atoms with Gasteiger partial charge in [-0.3, -0.25) is 9.69 Å². The average molecular weight is 660 g/mol. The van der Waals surface area contributed by atoms with Crippen LogP contribution in [0.25, 0.3) is 0 Å². The number of piperazine rings is 1. The van der Waals surface area contributed by atoms with E-state index >= 15 is 4.79 Å². The van der Waals surface area contributed by atoms with Crippen LogP contribution in [-0.4, -0.2) is 94.2 Å². The van der Waals surface area contributed by atoms with Crippen molar-refractivity contribution in [3.05, 3.63) is 77.5 Å². The van der Waals surface area contributed by atoms with Crippen molar-refractivity contribution >= 4 is 27.6 Å². The molecule has 0 spiro atoms. The van der Waals surface area contributed by atoms with Crippen LogP contribution in [0.5, 0.6) is 11.6 Å². The number of benzene rings is 2. The number of para-hydroxylation sites is 1. The van der Waals surface area contributed by atoms with E-state index in [9.17, 15) is 18.5 Å². The Hall–Kier alpha value is -4.71. The predicted octanol–water partition coefficient (Wildman–Crippen LogP) is 2.42. The smallest absolute Gasteiger partial charge is 0.318 e. The van der Waals surface area contributed by atoms with Crippen LogP contribution in [-0.2, 0) is 20.4 Å². The van der Waals surface area contributed by atoms with E-state index in [1.165, 1.54) is 49.7 Å². The van der Waals surface area contributed by atoms with Crippen LogP contribution < -0.4 is 24.4 Å². The second-order valence-corrected chi connectivity index (χ2v) is 13.3. The number of rotatable bonds is 8. The first kappa shape index (κ1) is 32.2. The molecule has 3 aromatic rings. The molecule has 3 amide bonds. The second-order valence-electron chi connectivity index (χ2n) is 11.5. The summed E-state index contributed by atoms with van der Waals surface area (Å²) in [5.74, 6) is -0.877. The SMILES string of the molecule is CCOc1ncccc1C1(NC(=O)N2CCC(N3CCNCC3)CC2)C(=O)N(S(=O)(=O)c2ccccc2OC)c2ccc(C#N)cc21. The normalized spacial score (nSPS) is 20.4. The molecule has 1 atom stereocenters. The van der Waals surface area contributed by atoms with Crippen LogP contribution in [0.4, 0.5) is 10.5 Å². The molecule has 0 bridgehead atoms. The minimum Gasteiger partial charge on any atom is -0.495 e. The summed E-state index contributed by atoms with van der Waals surface area (Å²) in [4.78, 5) is 37.5. The topological polar surface area (TPSA) is 157 Å². The Morgan fingerprint density at radius 1 is 1.09 bits per heavy atom. The number of hydrogen-bond donors (Lipinski definition) is 2. The summed E-state index contributed by atoms with van der Waals surface area (Å²) in [5.41, 5.74) is -1.69. The number of nitrogens with zero attached hydrogens (tertiary/aromatic N) is 5. The number of likely N-dealkylation sites (tertiary alicyclic amines) is 1. The number of carbonyl (C=O) groups is 2. The highest BCUT2D eigenvalue weighted by atomic mass is 32.2. The lowest BCUT2D eigenvalue weighted by Crippen LogP contribution is -2.59. The molecule has 1 unspecified atom stereocenters. The number of amides is 3. The molecular formula is C33H37N7O6S. The van der Waals surface area contributed by atoms with Crippen molar-refractivity contribution in [1.82, 2.24) is 25.4 Å². The van der Waals surface area contributed by atoms with Crippen molar-refractivity contribution in [3.8, 4) is 17.7 Å². The van der Waals surface area contributed by atoms with Crippen molar-refractivity contribution in [1.29, 1.82) is 5.26 Å². The predicted molar refractivity (Wildman–Crippen MR) is 173 cm³/mol. The van der Waals surface area contributed by atoms with Gasteiger partial charge in [0.2, 0.25) is 5.88 Å². The van der Waals surface area contributed by atoms with E-state index in [0.29, 0.717) is 23.4 Å². The maximum absolute atomic E-state index is 15.0. The van der Waals surface area contributed by atoms with E-state index in [1.807, 2.05) is 0 Å². The van der Waals surface area contributed by atoms with Gasteiger partial charge >= 0.3 is 6.03 Å². The fourth-order valence-corrected chi connectivity index (χ4v) is 8.35. The van der Waals surface area contributed by atoms with Gasteiger partial charge in [0.15, 0.2) is 5.54 Å². The minimum absolute atomic E-state index is 0.0103. The fourth-order valence-electron chi connectivity index (χ4n) is 6.73. The van der Waals surface area contributed by atoms with Crippen molar-refractivity contribution in [3.63, 3.8) is 0 Å². The van der Waals surface area contributed by atoms with E-state index in [-0.39, 0.29) is 45.5 Å². The van der Waals surface area contributed by atoms with Gasteiger partial charge in [-0.15, -0.1) is 0 Å². The number of fused-ring (bicyclic) bond motifs is 1. The molecule has 2 saturated heterocycles. The summed E-state index contributed by atoms with van der Waals surface area (Å²) in [6.45, 7) is 6.59. The number of urea groups is 1. The highest BCUT2D eigenvalue weighted by Crippen LogP contribution is 2.49. The lowest BCUT2D eigenvalue weighted by molar-refractivity contribution is -0.121. The Balaban J connectivity index is 1.47. The second kappa shape index (κ2) is 13.2. The van der Waals surface area contributed by atoms with Crippen molar-refractivity contribution in [2.45, 2.75) is 36.2 Å². The molecule has 4 heterocycles. The molecule has 1 aromatic heterocycles. The maximum atomic E-state index is 15.0. The van der Waals surface area contributed by atoms with Crippen molar-refractivity contribution in [2.75, 3.05) is 57.3 Å². The zero-order valence-electron chi connectivity index (χ0n) is 26.3. The molecule has 2 aromatic carbocycles. The number of aromatic nitrogens is 1. The van der Waals surface area contributed by atoms with E-state index in [2.05, 4.69) is 26.6 Å². The number of nitriles is 1. The van der Waals surface area contributed by atoms with Gasteiger partial charge in [0.25, 0.3) is 15.9 Å². The summed E-state index contributed by atoms with van der Waals surface area (Å²) >= 11 is 0. The first-order chi connectivity index (χ1) is 22.8. The number of carbonyl (C=O) groups excluding carboxylic acids is 2. The zero-order valence-corrected chi connectivity index (χ0v) is 27.1. The average Bonchev–Trinajstić information content (AvgIpc) is 3.36. The Morgan fingerprint density at radius 2 is 1.83 bits per heavy atom. The van der Waals surface area contributed by atoms with Crippen LogP contribution in [0.1, 0.15) is 36.5 Å². The van der Waals surface area contributed by atoms with E-state index in [1.54, 1.807) is 30.0 Å². The van der Waals surface area contributed by atoms with Crippen LogP contribution in [0, 0.1) is 11.3 Å². The van der Waals surface area contributed by atoms with Gasteiger partial charge in [0.05, 0.1) is 36.6 Å². The quantitative estimate of drug-likeness (QED) is 0.368. The van der Waals surface area contributed by atoms with E-state index < -0.39 is 27.5 Å². The Bertz CT molecular complexity index is 1820. The van der Waals surface area contributed by atoms with Crippen molar-refractivity contribution in [2.24, 2.45) is 0 Å². The van der Waals surface area contributed by atoms with Gasteiger partial charge in [-0.05, 0) is 62.2 Å². The number of methoxy groups -OCH3 is 1. The molecule has 2 fully saturated rings. The molecule has 47 heavy (non-hydrogen) atoms. The molecular weight excluding hydrogens is 622 g/mol. The summed E-state index contributed by atoms with van der Waals surface area (Å²) in [5, 5.41) is 16.2. The third-order valence-electron chi connectivity index (χ3n) is 9.01. The molecule has 246 valence electrons. The van der Waals surface area contributed by atoms with Gasteiger partial charge in [-0.1, -0.05) is 12.1 Å². The standard InChI is InChI=1S/C33H37N7O6S/c1-3-46-30-25(7-6-14-36-30)33(37-32(42)39-17-12-24(13-18-39)38-19-15-35-16-20-38)26-21-23(22-34)10-11-27(26)40(31(33)41)47(43,44)29-9-5-4-8-28(29)45-2/h4-11,14,21,24,35H,3,12-13,15-20H2,1-2H3,(H,37,42). The number of pyridine rings is 1. The molecule has 3 aliphatic rings. The molecule has 3 aliphatic heterocycles. The fraction of sp³-hybridized carbons (Fsp3) is 0.394. The van der Waals surface area contributed by atoms with Gasteiger partial charge in [0, 0.05) is 57.1 Å². The monoisotopic (exact) mass is 659 g/mol. The van der Waals surface area contributed by atoms with Gasteiger partial charge in [0.1, 0.15) is 10.6 Å². The Morgan fingerprint density at radius 3 is 2.53 bits per heavy atom. The lowest BCUT2D eigenvalue weighted by atomic mass is 9.83. The molecule has 0 saturated carbocycles. The molecule has 14 heteroatoms. The molecule has 0 radical (unpaired) electrons. The van der Waals surface area contributed by atoms with Crippen LogP contribution in [0.2, 0.25) is 0 Å².